The van der Waals surface area contributed by atoms with Crippen LogP contribution in [0.15, 0.2) is 78.9 Å². The molecule has 0 bridgehead atoms. The lowest BCUT2D eigenvalue weighted by Gasteiger charge is -2.10. The number of esters is 1. The van der Waals surface area contributed by atoms with E-state index in [9.17, 15) is 4.79 Å². The molecule has 0 saturated carbocycles. The number of rotatable bonds is 7. The molecule has 0 amide bonds. The molecule has 0 aliphatic heterocycles. The maximum absolute atomic E-state index is 12.3. The molecule has 0 fully saturated rings. The summed E-state index contributed by atoms with van der Waals surface area (Å²) in [5.41, 5.74) is 2.67. The third-order valence-electron chi connectivity index (χ3n) is 4.08. The number of ether oxygens (including phenoxy) is 3. The normalized spacial score (nSPS) is 10.6. The fraction of sp³-hybridized carbons (Fsp3) is 0.125. The third kappa shape index (κ3) is 4.80. The van der Waals surface area contributed by atoms with Gasteiger partial charge in [-0.1, -0.05) is 54.6 Å². The first-order chi connectivity index (χ1) is 13.7. The van der Waals surface area contributed by atoms with Gasteiger partial charge in [0.15, 0.2) is 11.5 Å². The smallest absolute Gasteiger partial charge is 0.336 e. The van der Waals surface area contributed by atoms with Crippen molar-refractivity contribution >= 4 is 12.0 Å². The molecular weight excluding hydrogens is 352 g/mol. The molecule has 3 aromatic carbocycles. The van der Waals surface area contributed by atoms with E-state index in [2.05, 4.69) is 0 Å². The Hall–Kier alpha value is -3.53. The molecule has 0 saturated heterocycles. The van der Waals surface area contributed by atoms with Crippen LogP contribution in [-0.4, -0.2) is 19.7 Å². The van der Waals surface area contributed by atoms with Crippen LogP contribution >= 0.6 is 0 Å². The van der Waals surface area contributed by atoms with Crippen molar-refractivity contribution in [2.75, 3.05) is 13.7 Å². The summed E-state index contributed by atoms with van der Waals surface area (Å²) in [6.45, 7) is 2.47. The van der Waals surface area contributed by atoms with Gasteiger partial charge in [-0.2, -0.15) is 0 Å². The van der Waals surface area contributed by atoms with Crippen LogP contribution < -0.4 is 14.2 Å². The Bertz CT molecular complexity index is 961. The van der Waals surface area contributed by atoms with Crippen molar-refractivity contribution in [3.8, 4) is 28.4 Å². The molecule has 3 rings (SSSR count). The van der Waals surface area contributed by atoms with Crippen LogP contribution in [0.5, 0.6) is 17.2 Å². The van der Waals surface area contributed by atoms with Crippen LogP contribution in [0.1, 0.15) is 12.5 Å². The van der Waals surface area contributed by atoms with Crippen LogP contribution in [0.25, 0.3) is 17.2 Å². The highest BCUT2D eigenvalue weighted by molar-refractivity contribution is 5.90. The summed E-state index contributed by atoms with van der Waals surface area (Å²) in [7, 11) is 1.58. The van der Waals surface area contributed by atoms with E-state index in [4.69, 9.17) is 14.2 Å². The number of hydrogen-bond donors (Lipinski definition) is 0. The second-order valence-corrected chi connectivity index (χ2v) is 5.96. The van der Waals surface area contributed by atoms with E-state index in [1.54, 1.807) is 19.3 Å². The minimum absolute atomic E-state index is 0.448. The van der Waals surface area contributed by atoms with Crippen LogP contribution in [-0.2, 0) is 4.79 Å². The van der Waals surface area contributed by atoms with Gasteiger partial charge >= 0.3 is 5.97 Å². The zero-order chi connectivity index (χ0) is 19.8. The number of benzene rings is 3. The summed E-state index contributed by atoms with van der Waals surface area (Å²) < 4.78 is 16.4. The van der Waals surface area contributed by atoms with Crippen LogP contribution in [0, 0.1) is 0 Å². The minimum Gasteiger partial charge on any atom is -0.493 e. The molecule has 0 aromatic heterocycles. The minimum atomic E-state index is -0.448. The standard InChI is InChI=1S/C24H22O4/c1-3-27-22-15-13-18(17-23(22)26-2)14-16-24(25)28-21-12-8-7-11-20(21)19-9-5-4-6-10-19/h4-17H,3H2,1-2H3. The monoisotopic (exact) mass is 374 g/mol. The van der Waals surface area contributed by atoms with Gasteiger partial charge in [-0.05, 0) is 42.3 Å². The highest BCUT2D eigenvalue weighted by Crippen LogP contribution is 2.30. The van der Waals surface area contributed by atoms with Gasteiger partial charge in [-0.15, -0.1) is 0 Å². The fourth-order valence-electron chi connectivity index (χ4n) is 2.78. The van der Waals surface area contributed by atoms with Gasteiger partial charge in [0.05, 0.1) is 13.7 Å². The van der Waals surface area contributed by atoms with E-state index in [-0.39, 0.29) is 0 Å². The van der Waals surface area contributed by atoms with Crippen molar-refractivity contribution in [3.05, 3.63) is 84.4 Å². The molecule has 0 aliphatic carbocycles. The van der Waals surface area contributed by atoms with Gasteiger partial charge in [-0.3, -0.25) is 0 Å². The molecule has 4 heteroatoms. The van der Waals surface area contributed by atoms with E-state index in [1.807, 2.05) is 73.7 Å². The molecule has 0 radical (unpaired) electrons. The topological polar surface area (TPSA) is 44.8 Å². The molecule has 142 valence electrons. The van der Waals surface area contributed by atoms with E-state index >= 15 is 0 Å². The van der Waals surface area contributed by atoms with Gasteiger partial charge in [0.1, 0.15) is 5.75 Å². The molecule has 0 atom stereocenters. The number of methoxy groups -OCH3 is 1. The zero-order valence-electron chi connectivity index (χ0n) is 15.9. The maximum Gasteiger partial charge on any atom is 0.336 e. The third-order valence-corrected chi connectivity index (χ3v) is 4.08. The summed E-state index contributed by atoms with van der Waals surface area (Å²) >= 11 is 0. The van der Waals surface area contributed by atoms with E-state index < -0.39 is 5.97 Å². The molecule has 28 heavy (non-hydrogen) atoms. The predicted molar refractivity (Wildman–Crippen MR) is 111 cm³/mol. The SMILES string of the molecule is CCOc1ccc(C=CC(=O)Oc2ccccc2-c2ccccc2)cc1OC. The summed E-state index contributed by atoms with van der Waals surface area (Å²) in [6.07, 6.45) is 3.09. The first-order valence-electron chi connectivity index (χ1n) is 9.06. The van der Waals surface area contributed by atoms with E-state index in [0.717, 1.165) is 16.7 Å². The van der Waals surface area contributed by atoms with Crippen molar-refractivity contribution in [1.82, 2.24) is 0 Å². The van der Waals surface area contributed by atoms with Crippen molar-refractivity contribution < 1.29 is 19.0 Å². The van der Waals surface area contributed by atoms with Gasteiger partial charge < -0.3 is 14.2 Å². The molecule has 0 unspecified atom stereocenters. The van der Waals surface area contributed by atoms with Gasteiger partial charge in [0.2, 0.25) is 0 Å². The average Bonchev–Trinajstić information content (AvgIpc) is 2.74. The number of carbonyl (C=O) groups is 1. The van der Waals surface area contributed by atoms with Gasteiger partial charge in [0, 0.05) is 11.6 Å². The Balaban J connectivity index is 1.75. The Morgan fingerprint density at radius 2 is 1.64 bits per heavy atom. The summed E-state index contributed by atoms with van der Waals surface area (Å²) in [6, 6.07) is 22.8. The molecule has 4 nitrogen and oxygen atoms in total. The van der Waals surface area contributed by atoms with Crippen molar-refractivity contribution in [2.24, 2.45) is 0 Å². The lowest BCUT2D eigenvalue weighted by Crippen LogP contribution is -2.04. The fourth-order valence-corrected chi connectivity index (χ4v) is 2.78. The lowest BCUT2D eigenvalue weighted by molar-refractivity contribution is -0.128. The largest absolute Gasteiger partial charge is 0.493 e. The lowest BCUT2D eigenvalue weighted by atomic mass is 10.1. The average molecular weight is 374 g/mol. The second kappa shape index (κ2) is 9.42. The summed E-state index contributed by atoms with van der Waals surface area (Å²) in [4.78, 5) is 12.3. The Labute approximate surface area is 165 Å². The highest BCUT2D eigenvalue weighted by atomic mass is 16.5. The molecule has 0 aliphatic rings. The molecular formula is C24H22O4. The predicted octanol–water partition coefficient (Wildman–Crippen LogP) is 5.38. The Morgan fingerprint density at radius 3 is 2.39 bits per heavy atom. The molecule has 0 N–H and O–H groups in total. The van der Waals surface area contributed by atoms with Gasteiger partial charge in [0.25, 0.3) is 0 Å². The van der Waals surface area contributed by atoms with Crippen LogP contribution in [0.4, 0.5) is 0 Å². The van der Waals surface area contributed by atoms with E-state index in [0.29, 0.717) is 23.9 Å². The van der Waals surface area contributed by atoms with Crippen molar-refractivity contribution in [2.45, 2.75) is 6.92 Å². The Morgan fingerprint density at radius 1 is 0.893 bits per heavy atom. The highest BCUT2D eigenvalue weighted by Gasteiger charge is 2.09. The molecule has 3 aromatic rings. The number of para-hydroxylation sites is 1. The summed E-state index contributed by atoms with van der Waals surface area (Å²) in [5.74, 6) is 1.36. The number of hydrogen-bond acceptors (Lipinski definition) is 4. The Kier molecular flexibility index (Phi) is 6.47. The first-order valence-corrected chi connectivity index (χ1v) is 9.06. The first kappa shape index (κ1) is 19.2. The van der Waals surface area contributed by atoms with Crippen molar-refractivity contribution in [3.63, 3.8) is 0 Å². The number of carbonyl (C=O) groups excluding carboxylic acids is 1. The van der Waals surface area contributed by atoms with Crippen LogP contribution in [0.2, 0.25) is 0 Å². The quantitative estimate of drug-likeness (QED) is 0.316. The van der Waals surface area contributed by atoms with Crippen LogP contribution in [0.3, 0.4) is 0 Å². The second-order valence-electron chi connectivity index (χ2n) is 5.96. The zero-order valence-corrected chi connectivity index (χ0v) is 15.9. The van der Waals surface area contributed by atoms with E-state index in [1.165, 1.54) is 6.08 Å². The molecule has 0 heterocycles. The van der Waals surface area contributed by atoms with Crippen molar-refractivity contribution in [1.29, 1.82) is 0 Å². The molecule has 0 spiro atoms. The maximum atomic E-state index is 12.3. The summed E-state index contributed by atoms with van der Waals surface area (Å²) in [5, 5.41) is 0. The van der Waals surface area contributed by atoms with Gasteiger partial charge in [-0.25, -0.2) is 4.79 Å².